The van der Waals surface area contributed by atoms with Crippen LogP contribution in [0.2, 0.25) is 0 Å². The van der Waals surface area contributed by atoms with E-state index < -0.39 is 0 Å². The van der Waals surface area contributed by atoms with Crippen molar-refractivity contribution in [2.75, 3.05) is 5.88 Å². The topological polar surface area (TPSA) is 66.9 Å². The number of hydrogen-bond donors (Lipinski definition) is 0. The monoisotopic (exact) mass is 220 g/mol. The van der Waals surface area contributed by atoms with Crippen LogP contribution >= 0.6 is 11.6 Å². The Morgan fingerprint density at radius 3 is 3.07 bits per heavy atom. The zero-order chi connectivity index (χ0) is 10.8. The molecule has 2 aromatic rings. The quantitative estimate of drug-likeness (QED) is 0.574. The molecule has 0 unspecified atom stereocenters. The van der Waals surface area contributed by atoms with Crippen molar-refractivity contribution < 1.29 is 9.21 Å². The van der Waals surface area contributed by atoms with Crippen LogP contribution in [0.4, 0.5) is 0 Å². The lowest BCUT2D eigenvalue weighted by molar-refractivity contribution is 0.0986. The van der Waals surface area contributed by atoms with Crippen molar-refractivity contribution in [1.29, 1.82) is 5.26 Å². The summed E-state index contributed by atoms with van der Waals surface area (Å²) in [5, 5.41) is 8.66. The van der Waals surface area contributed by atoms with Gasteiger partial charge in [-0.15, -0.1) is 11.6 Å². The van der Waals surface area contributed by atoms with E-state index in [4.69, 9.17) is 21.3 Å². The molecule has 0 aliphatic rings. The van der Waals surface area contributed by atoms with Crippen molar-refractivity contribution in [2.24, 2.45) is 0 Å². The number of nitrogens with zero attached hydrogens (tertiary/aromatic N) is 2. The standard InChI is InChI=1S/C10H5ClN2O2/c11-4-8(14)10-13-7-3-6(5-12)1-2-9(7)15-10/h1-3H,4H2. The molecule has 1 heterocycles. The minimum absolute atomic E-state index is 0.0184. The maximum Gasteiger partial charge on any atom is 0.265 e. The number of alkyl halides is 1. The molecular weight excluding hydrogens is 216 g/mol. The van der Waals surface area contributed by atoms with Crippen LogP contribution in [0.1, 0.15) is 16.2 Å². The Balaban J connectivity index is 2.57. The van der Waals surface area contributed by atoms with E-state index >= 15 is 0 Å². The van der Waals surface area contributed by atoms with Gasteiger partial charge in [0, 0.05) is 0 Å². The average molecular weight is 221 g/mol. The van der Waals surface area contributed by atoms with Crippen LogP contribution in [-0.2, 0) is 0 Å². The van der Waals surface area contributed by atoms with Gasteiger partial charge in [0.05, 0.1) is 17.5 Å². The Morgan fingerprint density at radius 2 is 2.40 bits per heavy atom. The fourth-order valence-corrected chi connectivity index (χ4v) is 1.29. The molecule has 4 nitrogen and oxygen atoms in total. The van der Waals surface area contributed by atoms with Crippen LogP contribution in [0.15, 0.2) is 22.6 Å². The van der Waals surface area contributed by atoms with Gasteiger partial charge in [-0.25, -0.2) is 4.98 Å². The number of benzene rings is 1. The number of Topliss-reactive ketones (excluding diaryl/α,β-unsaturated/α-hetero) is 1. The Bertz CT molecular complexity index is 568. The number of nitriles is 1. The fourth-order valence-electron chi connectivity index (χ4n) is 1.17. The Labute approximate surface area is 90.1 Å². The molecule has 0 radical (unpaired) electrons. The van der Waals surface area contributed by atoms with Crippen LogP contribution in [0.5, 0.6) is 0 Å². The molecule has 0 spiro atoms. The first kappa shape index (κ1) is 9.69. The largest absolute Gasteiger partial charge is 0.434 e. The lowest BCUT2D eigenvalue weighted by Gasteiger charge is -1.85. The van der Waals surface area contributed by atoms with Gasteiger partial charge in [0.25, 0.3) is 5.89 Å². The summed E-state index contributed by atoms with van der Waals surface area (Å²) in [6.07, 6.45) is 0. The van der Waals surface area contributed by atoms with Gasteiger partial charge in [-0.3, -0.25) is 4.79 Å². The van der Waals surface area contributed by atoms with Crippen molar-refractivity contribution in [2.45, 2.75) is 0 Å². The summed E-state index contributed by atoms with van der Waals surface area (Å²) >= 11 is 5.37. The molecule has 0 aliphatic carbocycles. The zero-order valence-electron chi connectivity index (χ0n) is 7.53. The maximum atomic E-state index is 11.2. The van der Waals surface area contributed by atoms with Crippen LogP contribution in [0.3, 0.4) is 0 Å². The number of oxazole rings is 1. The fraction of sp³-hybridized carbons (Fsp3) is 0.100. The van der Waals surface area contributed by atoms with Gasteiger partial charge >= 0.3 is 0 Å². The van der Waals surface area contributed by atoms with Crippen molar-refractivity contribution in [1.82, 2.24) is 4.98 Å². The first-order valence-corrected chi connectivity index (χ1v) is 4.68. The number of fused-ring (bicyclic) bond motifs is 1. The molecule has 5 heteroatoms. The van der Waals surface area contributed by atoms with E-state index in [0.29, 0.717) is 16.7 Å². The van der Waals surface area contributed by atoms with Gasteiger partial charge in [0.2, 0.25) is 5.78 Å². The van der Waals surface area contributed by atoms with Gasteiger partial charge in [-0.1, -0.05) is 0 Å². The number of hydrogen-bond acceptors (Lipinski definition) is 4. The molecule has 0 fully saturated rings. The third kappa shape index (κ3) is 1.69. The Kier molecular flexibility index (Phi) is 2.40. The van der Waals surface area contributed by atoms with Crippen LogP contribution in [0, 0.1) is 11.3 Å². The second-order valence-corrected chi connectivity index (χ2v) is 3.14. The zero-order valence-corrected chi connectivity index (χ0v) is 8.28. The third-order valence-corrected chi connectivity index (χ3v) is 2.12. The molecule has 0 saturated carbocycles. The van der Waals surface area contributed by atoms with Crippen molar-refractivity contribution in [3.8, 4) is 6.07 Å². The molecule has 0 atom stereocenters. The Hall–Kier alpha value is -1.86. The van der Waals surface area contributed by atoms with Gasteiger partial charge in [0.15, 0.2) is 5.58 Å². The summed E-state index contributed by atoms with van der Waals surface area (Å²) in [4.78, 5) is 15.1. The van der Waals surface area contributed by atoms with E-state index in [0.717, 1.165) is 0 Å². The first-order valence-electron chi connectivity index (χ1n) is 4.14. The van der Waals surface area contributed by atoms with E-state index in [1.807, 2.05) is 6.07 Å². The average Bonchev–Trinajstić information content (AvgIpc) is 2.70. The summed E-state index contributed by atoms with van der Waals surface area (Å²) in [6, 6.07) is 6.74. The number of carbonyl (C=O) groups excluding carboxylic acids is 1. The smallest absolute Gasteiger partial charge is 0.265 e. The molecule has 0 saturated heterocycles. The molecule has 1 aromatic carbocycles. The van der Waals surface area contributed by atoms with Gasteiger partial charge in [0.1, 0.15) is 5.52 Å². The number of carbonyl (C=O) groups is 1. The summed E-state index contributed by atoms with van der Waals surface area (Å²) in [5.41, 5.74) is 1.44. The highest BCUT2D eigenvalue weighted by Crippen LogP contribution is 2.17. The van der Waals surface area contributed by atoms with Gasteiger partial charge < -0.3 is 4.42 Å². The molecule has 0 amide bonds. The van der Waals surface area contributed by atoms with Gasteiger partial charge in [-0.05, 0) is 18.2 Å². The van der Waals surface area contributed by atoms with Crippen molar-refractivity contribution >= 4 is 28.5 Å². The first-order chi connectivity index (χ1) is 7.24. The van der Waals surface area contributed by atoms with Crippen LogP contribution in [-0.4, -0.2) is 16.6 Å². The highest BCUT2D eigenvalue weighted by molar-refractivity contribution is 6.29. The molecule has 74 valence electrons. The third-order valence-electron chi connectivity index (χ3n) is 1.88. The van der Waals surface area contributed by atoms with Crippen molar-refractivity contribution in [3.63, 3.8) is 0 Å². The maximum absolute atomic E-state index is 11.2. The number of ketones is 1. The van der Waals surface area contributed by atoms with E-state index in [2.05, 4.69) is 4.98 Å². The lowest BCUT2D eigenvalue weighted by Crippen LogP contribution is -1.99. The van der Waals surface area contributed by atoms with Crippen LogP contribution < -0.4 is 0 Å². The summed E-state index contributed by atoms with van der Waals surface area (Å²) in [7, 11) is 0. The van der Waals surface area contributed by atoms with E-state index in [1.54, 1.807) is 18.2 Å². The number of rotatable bonds is 2. The molecule has 0 N–H and O–H groups in total. The van der Waals surface area contributed by atoms with E-state index in [1.165, 1.54) is 0 Å². The number of aromatic nitrogens is 1. The molecule has 0 aliphatic heterocycles. The highest BCUT2D eigenvalue weighted by atomic mass is 35.5. The van der Waals surface area contributed by atoms with E-state index in [9.17, 15) is 4.79 Å². The summed E-state index contributed by atoms with van der Waals surface area (Å²) in [5.74, 6) is -0.556. The second kappa shape index (κ2) is 3.71. The predicted molar refractivity (Wildman–Crippen MR) is 53.8 cm³/mol. The van der Waals surface area contributed by atoms with Gasteiger partial charge in [-0.2, -0.15) is 5.26 Å². The Morgan fingerprint density at radius 1 is 1.60 bits per heavy atom. The summed E-state index contributed by atoms with van der Waals surface area (Å²) < 4.78 is 5.17. The minimum atomic E-state index is -0.369. The normalized spacial score (nSPS) is 10.1. The summed E-state index contributed by atoms with van der Waals surface area (Å²) in [6.45, 7) is 0. The SMILES string of the molecule is N#Cc1ccc2oc(C(=O)CCl)nc2c1. The van der Waals surface area contributed by atoms with E-state index in [-0.39, 0.29) is 17.6 Å². The number of halogens is 1. The molecule has 15 heavy (non-hydrogen) atoms. The van der Waals surface area contributed by atoms with Crippen LogP contribution in [0.25, 0.3) is 11.1 Å². The molecular formula is C10H5ClN2O2. The highest BCUT2D eigenvalue weighted by Gasteiger charge is 2.13. The van der Waals surface area contributed by atoms with Crippen molar-refractivity contribution in [3.05, 3.63) is 29.7 Å². The predicted octanol–water partition coefficient (Wildman–Crippen LogP) is 2.12. The lowest BCUT2D eigenvalue weighted by atomic mass is 10.2. The minimum Gasteiger partial charge on any atom is -0.434 e. The molecule has 2 rings (SSSR count). The second-order valence-electron chi connectivity index (χ2n) is 2.87. The molecule has 1 aromatic heterocycles. The molecule has 0 bridgehead atoms.